The molecule has 1 aromatic heterocycles. The van der Waals surface area contributed by atoms with E-state index in [0.717, 1.165) is 16.3 Å². The van der Waals surface area contributed by atoms with Gasteiger partial charge in [-0.25, -0.2) is 4.39 Å². The Hall–Kier alpha value is -1.78. The highest BCUT2D eigenvalue weighted by Gasteiger charge is 2.16. The van der Waals surface area contributed by atoms with E-state index in [1.807, 2.05) is 24.3 Å². The van der Waals surface area contributed by atoms with Gasteiger partial charge in [-0.3, -0.25) is 4.98 Å². The van der Waals surface area contributed by atoms with Crippen molar-refractivity contribution in [1.29, 1.82) is 0 Å². The third kappa shape index (κ3) is 2.32. The average Bonchev–Trinajstić information content (AvgIpc) is 2.46. The van der Waals surface area contributed by atoms with Crippen LogP contribution in [-0.2, 0) is 0 Å². The monoisotopic (exact) mass is 331 g/mol. The molecule has 1 N–H and O–H groups in total. The van der Waals surface area contributed by atoms with E-state index in [-0.39, 0.29) is 5.82 Å². The molecule has 3 rings (SSSR count). The molecule has 0 aliphatic rings. The number of hydrogen-bond donors (Lipinski definition) is 1. The van der Waals surface area contributed by atoms with Gasteiger partial charge in [-0.1, -0.05) is 40.2 Å². The number of fused-ring (bicyclic) bond motifs is 1. The maximum atomic E-state index is 13.1. The topological polar surface area (TPSA) is 33.1 Å². The van der Waals surface area contributed by atoms with Crippen LogP contribution in [0.25, 0.3) is 10.8 Å². The smallest absolute Gasteiger partial charge is 0.124 e. The minimum Gasteiger partial charge on any atom is -0.384 e. The normalized spacial score (nSPS) is 12.6. The summed E-state index contributed by atoms with van der Waals surface area (Å²) in [6.07, 6.45) is 2.61. The van der Waals surface area contributed by atoms with Crippen LogP contribution in [-0.4, -0.2) is 10.1 Å². The summed E-state index contributed by atoms with van der Waals surface area (Å²) >= 11 is 3.29. The van der Waals surface area contributed by atoms with Crippen molar-refractivity contribution in [3.05, 3.63) is 76.3 Å². The Kier molecular flexibility index (Phi) is 3.51. The number of nitrogens with zero attached hydrogens (tertiary/aromatic N) is 1. The molecule has 1 heterocycles. The Bertz CT molecular complexity index is 770. The molecule has 2 aromatic carbocycles. The minimum absolute atomic E-state index is 0.340. The van der Waals surface area contributed by atoms with Crippen molar-refractivity contribution in [1.82, 2.24) is 4.98 Å². The van der Waals surface area contributed by atoms with Gasteiger partial charge in [0.25, 0.3) is 0 Å². The highest BCUT2D eigenvalue weighted by Crippen LogP contribution is 2.32. The number of rotatable bonds is 2. The van der Waals surface area contributed by atoms with Crippen molar-refractivity contribution in [2.75, 3.05) is 0 Å². The number of pyridine rings is 1. The van der Waals surface area contributed by atoms with E-state index in [2.05, 4.69) is 20.9 Å². The zero-order valence-electron chi connectivity index (χ0n) is 10.4. The van der Waals surface area contributed by atoms with E-state index < -0.39 is 6.10 Å². The second-order valence-corrected chi connectivity index (χ2v) is 5.37. The molecule has 0 bridgehead atoms. The molecule has 0 saturated heterocycles. The molecule has 2 nitrogen and oxygen atoms in total. The van der Waals surface area contributed by atoms with Crippen molar-refractivity contribution < 1.29 is 9.50 Å². The van der Waals surface area contributed by atoms with E-state index >= 15 is 0 Å². The second kappa shape index (κ2) is 5.31. The van der Waals surface area contributed by atoms with Gasteiger partial charge in [0, 0.05) is 22.3 Å². The highest BCUT2D eigenvalue weighted by molar-refractivity contribution is 9.10. The maximum absolute atomic E-state index is 13.1. The van der Waals surface area contributed by atoms with E-state index in [0.29, 0.717) is 10.0 Å². The molecule has 4 heteroatoms. The van der Waals surface area contributed by atoms with Gasteiger partial charge < -0.3 is 5.11 Å². The lowest BCUT2D eigenvalue weighted by Gasteiger charge is -2.15. The Morgan fingerprint density at radius 2 is 1.95 bits per heavy atom. The lowest BCUT2D eigenvalue weighted by molar-refractivity contribution is 0.221. The number of aromatic nitrogens is 1. The first-order valence-electron chi connectivity index (χ1n) is 6.12. The van der Waals surface area contributed by atoms with Gasteiger partial charge in [0.1, 0.15) is 11.9 Å². The van der Waals surface area contributed by atoms with Crippen LogP contribution >= 0.6 is 15.9 Å². The number of hydrogen-bond acceptors (Lipinski definition) is 2. The molecule has 100 valence electrons. The Labute approximate surface area is 124 Å². The standard InChI is InChI=1S/C16H11BrFNO/c17-15-8-11(18)4-5-13(15)16(20)12-3-1-2-10-6-7-19-9-14(10)12/h1-9,16,20H. The van der Waals surface area contributed by atoms with Gasteiger partial charge in [-0.15, -0.1) is 0 Å². The summed E-state index contributed by atoms with van der Waals surface area (Å²) in [4.78, 5) is 4.10. The van der Waals surface area contributed by atoms with Gasteiger partial charge in [0.05, 0.1) is 0 Å². The third-order valence-corrected chi connectivity index (χ3v) is 3.96. The van der Waals surface area contributed by atoms with Crippen molar-refractivity contribution >= 4 is 26.7 Å². The molecule has 0 radical (unpaired) electrons. The molecule has 0 aliphatic heterocycles. The molecule has 0 aliphatic carbocycles. The van der Waals surface area contributed by atoms with Gasteiger partial charge in [0.2, 0.25) is 0 Å². The van der Waals surface area contributed by atoms with Gasteiger partial charge in [-0.2, -0.15) is 0 Å². The molecule has 0 spiro atoms. The molecule has 0 fully saturated rings. The molecular weight excluding hydrogens is 321 g/mol. The van der Waals surface area contributed by atoms with Crippen LogP contribution in [0.2, 0.25) is 0 Å². The Morgan fingerprint density at radius 3 is 2.75 bits per heavy atom. The van der Waals surface area contributed by atoms with E-state index in [1.165, 1.54) is 12.1 Å². The average molecular weight is 332 g/mol. The molecule has 1 atom stereocenters. The van der Waals surface area contributed by atoms with Gasteiger partial charge in [0.15, 0.2) is 0 Å². The largest absolute Gasteiger partial charge is 0.384 e. The fourth-order valence-corrected chi connectivity index (χ4v) is 2.83. The molecule has 20 heavy (non-hydrogen) atoms. The predicted octanol–water partition coefficient (Wildman–Crippen LogP) is 4.22. The van der Waals surface area contributed by atoms with Crippen molar-refractivity contribution in [2.24, 2.45) is 0 Å². The molecule has 0 saturated carbocycles. The number of halogens is 2. The fourth-order valence-electron chi connectivity index (χ4n) is 2.27. The van der Waals surface area contributed by atoms with E-state index in [1.54, 1.807) is 18.5 Å². The summed E-state index contributed by atoms with van der Waals surface area (Å²) in [7, 11) is 0. The molecular formula is C16H11BrFNO. The first-order chi connectivity index (χ1) is 9.66. The van der Waals surface area contributed by atoms with E-state index in [4.69, 9.17) is 0 Å². The van der Waals surface area contributed by atoms with Crippen molar-refractivity contribution in [3.8, 4) is 0 Å². The molecule has 1 unspecified atom stereocenters. The number of benzene rings is 2. The SMILES string of the molecule is OC(c1ccc(F)cc1Br)c1cccc2ccncc12. The molecule has 3 aromatic rings. The number of aliphatic hydroxyl groups is 1. The van der Waals surface area contributed by atoms with E-state index in [9.17, 15) is 9.50 Å². The Morgan fingerprint density at radius 1 is 1.10 bits per heavy atom. The van der Waals surface area contributed by atoms with Crippen LogP contribution in [0.4, 0.5) is 4.39 Å². The summed E-state index contributed by atoms with van der Waals surface area (Å²) in [5.41, 5.74) is 1.38. The predicted molar refractivity (Wildman–Crippen MR) is 79.9 cm³/mol. The summed E-state index contributed by atoms with van der Waals surface area (Å²) < 4.78 is 13.7. The lowest BCUT2D eigenvalue weighted by Crippen LogP contribution is -2.02. The highest BCUT2D eigenvalue weighted by atomic mass is 79.9. The van der Waals surface area contributed by atoms with Crippen LogP contribution in [0, 0.1) is 5.82 Å². The van der Waals surface area contributed by atoms with Crippen LogP contribution in [0.15, 0.2) is 59.3 Å². The second-order valence-electron chi connectivity index (χ2n) is 4.51. The summed E-state index contributed by atoms with van der Waals surface area (Å²) in [6.45, 7) is 0. The molecule has 0 amide bonds. The first-order valence-corrected chi connectivity index (χ1v) is 6.92. The summed E-state index contributed by atoms with van der Waals surface area (Å²) in [6, 6.07) is 11.9. The van der Waals surface area contributed by atoms with Crippen molar-refractivity contribution in [2.45, 2.75) is 6.10 Å². The zero-order chi connectivity index (χ0) is 14.1. The Balaban J connectivity index is 2.15. The minimum atomic E-state index is -0.835. The van der Waals surface area contributed by atoms with Gasteiger partial charge >= 0.3 is 0 Å². The summed E-state index contributed by atoms with van der Waals surface area (Å²) in [5.74, 6) is -0.340. The quantitative estimate of drug-likeness (QED) is 0.762. The summed E-state index contributed by atoms with van der Waals surface area (Å²) in [5, 5.41) is 12.5. The number of aliphatic hydroxyl groups excluding tert-OH is 1. The first kappa shape index (κ1) is 13.2. The van der Waals surface area contributed by atoms with Gasteiger partial charge in [-0.05, 0) is 34.7 Å². The van der Waals surface area contributed by atoms with Crippen LogP contribution in [0.1, 0.15) is 17.2 Å². The van der Waals surface area contributed by atoms with Crippen molar-refractivity contribution in [3.63, 3.8) is 0 Å². The van der Waals surface area contributed by atoms with Crippen LogP contribution in [0.5, 0.6) is 0 Å². The third-order valence-electron chi connectivity index (χ3n) is 3.27. The van der Waals surface area contributed by atoms with Crippen LogP contribution in [0.3, 0.4) is 0 Å². The van der Waals surface area contributed by atoms with Crippen LogP contribution < -0.4 is 0 Å². The zero-order valence-corrected chi connectivity index (χ0v) is 12.0. The maximum Gasteiger partial charge on any atom is 0.124 e. The lowest BCUT2D eigenvalue weighted by atomic mass is 9.97. The fraction of sp³-hybridized carbons (Fsp3) is 0.0625.